The molecule has 22 heavy (non-hydrogen) atoms. The smallest absolute Gasteiger partial charge is 0.243 e. The van der Waals surface area contributed by atoms with Crippen LogP contribution in [0.5, 0.6) is 0 Å². The highest BCUT2D eigenvalue weighted by molar-refractivity contribution is 7.89. The van der Waals surface area contributed by atoms with Crippen LogP contribution >= 0.6 is 0 Å². The number of amides is 1. The summed E-state index contributed by atoms with van der Waals surface area (Å²) in [5, 5.41) is 2.72. The molecule has 0 radical (unpaired) electrons. The average Bonchev–Trinajstić information content (AvgIpc) is 2.86. The number of carbonyl (C=O) groups is 1. The number of hydrogen-bond donors (Lipinski definition) is 1. The summed E-state index contributed by atoms with van der Waals surface area (Å²) in [4.78, 5) is 13.8. The second kappa shape index (κ2) is 5.64. The lowest BCUT2D eigenvalue weighted by Crippen LogP contribution is -2.44. The van der Waals surface area contributed by atoms with Crippen molar-refractivity contribution in [2.75, 3.05) is 32.5 Å². The van der Waals surface area contributed by atoms with E-state index in [1.165, 1.54) is 0 Å². The minimum absolute atomic E-state index is 0.0867. The highest BCUT2D eigenvalue weighted by atomic mass is 32.2. The lowest BCUT2D eigenvalue weighted by molar-refractivity contribution is -0.115. The Labute approximate surface area is 131 Å². The van der Waals surface area contributed by atoms with Gasteiger partial charge in [-0.15, -0.1) is 0 Å². The molecule has 2 aliphatic rings. The molecule has 0 saturated carbocycles. The van der Waals surface area contributed by atoms with Gasteiger partial charge >= 0.3 is 0 Å². The van der Waals surface area contributed by atoms with Gasteiger partial charge in [0.25, 0.3) is 0 Å². The summed E-state index contributed by atoms with van der Waals surface area (Å²) in [5.74, 6) is -0.0867. The summed E-state index contributed by atoms with van der Waals surface area (Å²) in [6.07, 6.45) is 1.94. The number of rotatable bonds is 3. The number of nitrogens with zero attached hydrogens (tertiary/aromatic N) is 2. The van der Waals surface area contributed by atoms with Crippen LogP contribution in [-0.4, -0.2) is 56.8 Å². The molecule has 2 aliphatic heterocycles. The molecule has 0 bridgehead atoms. The Bertz CT molecular complexity index is 692. The molecule has 1 amide bonds. The van der Waals surface area contributed by atoms with Crippen molar-refractivity contribution in [1.82, 2.24) is 9.21 Å². The summed E-state index contributed by atoms with van der Waals surface area (Å²) in [5.41, 5.74) is 1.48. The zero-order valence-corrected chi connectivity index (χ0v) is 13.7. The molecule has 3 rings (SSSR count). The molecule has 1 N–H and O–H groups in total. The second-order valence-electron chi connectivity index (χ2n) is 6.14. The maximum absolute atomic E-state index is 12.8. The van der Waals surface area contributed by atoms with Gasteiger partial charge in [-0.05, 0) is 50.7 Å². The van der Waals surface area contributed by atoms with E-state index < -0.39 is 10.0 Å². The fourth-order valence-electron chi connectivity index (χ4n) is 3.11. The maximum atomic E-state index is 12.8. The molecule has 1 saturated heterocycles. The van der Waals surface area contributed by atoms with Crippen LogP contribution in [0.4, 0.5) is 5.69 Å². The highest BCUT2D eigenvalue weighted by Crippen LogP contribution is 2.28. The van der Waals surface area contributed by atoms with E-state index in [-0.39, 0.29) is 17.2 Å². The number of anilines is 1. The lowest BCUT2D eigenvalue weighted by Gasteiger charge is -2.34. The molecule has 0 aliphatic carbocycles. The molecule has 2 heterocycles. The van der Waals surface area contributed by atoms with Crippen molar-refractivity contribution in [3.8, 4) is 0 Å². The number of sulfonamides is 1. The quantitative estimate of drug-likeness (QED) is 0.897. The number of carbonyl (C=O) groups excluding carboxylic acids is 1. The summed E-state index contributed by atoms with van der Waals surface area (Å²) >= 11 is 0. The first kappa shape index (κ1) is 15.5. The van der Waals surface area contributed by atoms with E-state index in [1.807, 2.05) is 14.1 Å². The van der Waals surface area contributed by atoms with E-state index in [4.69, 9.17) is 0 Å². The number of benzene rings is 1. The molecule has 0 aromatic heterocycles. The maximum Gasteiger partial charge on any atom is 0.243 e. The molecule has 1 aromatic carbocycles. The number of hydrogen-bond acceptors (Lipinski definition) is 4. The Morgan fingerprint density at radius 2 is 1.91 bits per heavy atom. The molecule has 1 aromatic rings. The van der Waals surface area contributed by atoms with Crippen LogP contribution in [0.1, 0.15) is 18.4 Å². The minimum Gasteiger partial charge on any atom is -0.326 e. The predicted octanol–water partition coefficient (Wildman–Crippen LogP) is 0.896. The Kier molecular flexibility index (Phi) is 3.96. The zero-order chi connectivity index (χ0) is 15.9. The van der Waals surface area contributed by atoms with Gasteiger partial charge in [-0.1, -0.05) is 0 Å². The largest absolute Gasteiger partial charge is 0.326 e. The van der Waals surface area contributed by atoms with Gasteiger partial charge < -0.3 is 10.2 Å². The van der Waals surface area contributed by atoms with E-state index in [0.29, 0.717) is 19.1 Å². The van der Waals surface area contributed by atoms with Crippen LogP contribution in [0.25, 0.3) is 0 Å². The summed E-state index contributed by atoms with van der Waals surface area (Å²) in [7, 11) is 0.580. The summed E-state index contributed by atoms with van der Waals surface area (Å²) in [6, 6.07) is 5.33. The van der Waals surface area contributed by atoms with Crippen LogP contribution in [0.2, 0.25) is 0 Å². The Morgan fingerprint density at radius 3 is 2.55 bits per heavy atom. The molecule has 7 heteroatoms. The molecule has 0 unspecified atom stereocenters. The third-order valence-corrected chi connectivity index (χ3v) is 6.39. The van der Waals surface area contributed by atoms with Crippen LogP contribution in [0.3, 0.4) is 0 Å². The SMILES string of the molecule is CN(C)C1CCN(S(=O)(=O)c2ccc3c(c2)CC(=O)N3)CC1. The molecule has 1 fully saturated rings. The Morgan fingerprint density at radius 1 is 1.23 bits per heavy atom. The zero-order valence-electron chi connectivity index (χ0n) is 12.9. The van der Waals surface area contributed by atoms with Gasteiger partial charge in [0.1, 0.15) is 0 Å². The van der Waals surface area contributed by atoms with Gasteiger partial charge in [0.15, 0.2) is 0 Å². The summed E-state index contributed by atoms with van der Waals surface area (Å²) < 4.78 is 27.1. The number of fused-ring (bicyclic) bond motifs is 1. The van der Waals surface area contributed by atoms with Crippen molar-refractivity contribution in [3.05, 3.63) is 23.8 Å². The summed E-state index contributed by atoms with van der Waals surface area (Å²) in [6.45, 7) is 1.08. The normalized spacial score (nSPS) is 20.2. The molecule has 120 valence electrons. The molecule has 0 spiro atoms. The number of nitrogens with one attached hydrogen (secondary N) is 1. The first-order chi connectivity index (χ1) is 10.4. The van der Waals surface area contributed by atoms with Crippen molar-refractivity contribution in [2.45, 2.75) is 30.2 Å². The fraction of sp³-hybridized carbons (Fsp3) is 0.533. The van der Waals surface area contributed by atoms with Gasteiger partial charge in [0.05, 0.1) is 11.3 Å². The van der Waals surface area contributed by atoms with E-state index in [9.17, 15) is 13.2 Å². The van der Waals surface area contributed by atoms with Crippen LogP contribution < -0.4 is 5.32 Å². The van der Waals surface area contributed by atoms with Gasteiger partial charge in [-0.3, -0.25) is 4.79 Å². The van der Waals surface area contributed by atoms with E-state index in [0.717, 1.165) is 24.1 Å². The van der Waals surface area contributed by atoms with Gasteiger partial charge in [-0.2, -0.15) is 4.31 Å². The van der Waals surface area contributed by atoms with Gasteiger partial charge in [0, 0.05) is 24.8 Å². The predicted molar refractivity (Wildman–Crippen MR) is 84.2 cm³/mol. The van der Waals surface area contributed by atoms with Crippen molar-refractivity contribution >= 4 is 21.6 Å². The van der Waals surface area contributed by atoms with Gasteiger partial charge in [-0.25, -0.2) is 8.42 Å². The van der Waals surface area contributed by atoms with E-state index in [2.05, 4.69) is 10.2 Å². The fourth-order valence-corrected chi connectivity index (χ4v) is 4.63. The van der Waals surface area contributed by atoms with Crippen LogP contribution in [0, 0.1) is 0 Å². The second-order valence-corrected chi connectivity index (χ2v) is 8.08. The third-order valence-electron chi connectivity index (χ3n) is 4.49. The number of piperidine rings is 1. The molecular weight excluding hydrogens is 302 g/mol. The molecule has 0 atom stereocenters. The topological polar surface area (TPSA) is 69.7 Å². The van der Waals surface area contributed by atoms with Crippen molar-refractivity contribution in [2.24, 2.45) is 0 Å². The minimum atomic E-state index is -3.47. The monoisotopic (exact) mass is 323 g/mol. The van der Waals surface area contributed by atoms with Crippen LogP contribution in [-0.2, 0) is 21.2 Å². The Balaban J connectivity index is 1.80. The lowest BCUT2D eigenvalue weighted by atomic mass is 10.1. The van der Waals surface area contributed by atoms with Crippen molar-refractivity contribution in [3.63, 3.8) is 0 Å². The first-order valence-electron chi connectivity index (χ1n) is 7.47. The van der Waals surface area contributed by atoms with E-state index >= 15 is 0 Å². The highest BCUT2D eigenvalue weighted by Gasteiger charge is 2.31. The van der Waals surface area contributed by atoms with Crippen LogP contribution in [0.15, 0.2) is 23.1 Å². The van der Waals surface area contributed by atoms with E-state index in [1.54, 1.807) is 22.5 Å². The average molecular weight is 323 g/mol. The van der Waals surface area contributed by atoms with Crippen molar-refractivity contribution in [1.29, 1.82) is 0 Å². The van der Waals surface area contributed by atoms with Gasteiger partial charge in [0.2, 0.25) is 15.9 Å². The molecule has 6 nitrogen and oxygen atoms in total. The standard InChI is InChI=1S/C15H21N3O3S/c1-17(2)12-5-7-18(8-6-12)22(20,21)13-3-4-14-11(9-13)10-15(19)16-14/h3-4,9,12H,5-8,10H2,1-2H3,(H,16,19). The first-order valence-corrected chi connectivity index (χ1v) is 8.91. The third kappa shape index (κ3) is 2.76. The molecular formula is C15H21N3O3S. The van der Waals surface area contributed by atoms with Crippen molar-refractivity contribution < 1.29 is 13.2 Å². The Hall–Kier alpha value is -1.44.